The number of benzene rings is 1. The van der Waals surface area contributed by atoms with Crippen molar-refractivity contribution in [3.63, 3.8) is 0 Å². The topological polar surface area (TPSA) is 61.8 Å². The number of nitroso groups, excluding NO2 is 1. The fourth-order valence-electron chi connectivity index (χ4n) is 4.10. The zero-order chi connectivity index (χ0) is 27.4. The van der Waals surface area contributed by atoms with Crippen molar-refractivity contribution < 1.29 is 4.79 Å². The predicted molar refractivity (Wildman–Crippen MR) is 157 cm³/mol. The number of aryl methyl sites for hydroxylation is 1. The van der Waals surface area contributed by atoms with Crippen LogP contribution in [0, 0.1) is 22.7 Å². The third kappa shape index (κ3) is 8.20. The molecule has 1 atom stereocenters. The lowest BCUT2D eigenvalue weighted by Gasteiger charge is -2.36. The van der Waals surface area contributed by atoms with E-state index in [1.807, 2.05) is 33.8 Å². The van der Waals surface area contributed by atoms with Crippen molar-refractivity contribution in [2.75, 3.05) is 25.2 Å². The van der Waals surface area contributed by atoms with Gasteiger partial charge in [0.2, 0.25) is 0 Å². The van der Waals surface area contributed by atoms with E-state index < -0.39 is 12.9 Å². The molecule has 0 aliphatic carbocycles. The van der Waals surface area contributed by atoms with Crippen molar-refractivity contribution in [3.05, 3.63) is 52.2 Å². The monoisotopic (exact) mass is 501 g/mol. The number of amides is 1. The standard InChI is InChI=1S/C26H40N3O2P.C3H8/c1-17-12-13-20(32(9,10)11)19(16-17)27-18(2)21-22(28-31)23(26(6,7)8)29(24(21)30)15-14-25(3,4)5;1-3-2/h12-13,16,23,27H,2,9,14-15H2,1,3-8,10-11H3;3H2,1-2H3. The Kier molecular flexibility index (Phi) is 10.4. The molecule has 1 unspecified atom stereocenters. The molecule has 0 saturated carbocycles. The van der Waals surface area contributed by atoms with Gasteiger partial charge in [0.15, 0.2) is 0 Å². The van der Waals surface area contributed by atoms with Crippen LogP contribution >= 0.6 is 6.89 Å². The van der Waals surface area contributed by atoms with Crippen LogP contribution in [0.5, 0.6) is 0 Å². The van der Waals surface area contributed by atoms with Crippen molar-refractivity contribution in [3.8, 4) is 0 Å². The van der Waals surface area contributed by atoms with Crippen LogP contribution in [-0.2, 0) is 4.79 Å². The Morgan fingerprint density at radius 1 is 1.14 bits per heavy atom. The number of nitrogens with zero attached hydrogens (tertiary/aromatic N) is 2. The van der Waals surface area contributed by atoms with Crippen LogP contribution in [0.4, 0.5) is 5.69 Å². The molecule has 1 aromatic carbocycles. The molecule has 0 fully saturated rings. The minimum Gasteiger partial charge on any atom is -0.355 e. The molecule has 0 saturated heterocycles. The van der Waals surface area contributed by atoms with E-state index in [-0.39, 0.29) is 22.4 Å². The second-order valence-electron chi connectivity index (χ2n) is 12.4. The zero-order valence-corrected chi connectivity index (χ0v) is 24.9. The van der Waals surface area contributed by atoms with Crippen LogP contribution in [0.1, 0.15) is 73.8 Å². The first kappa shape index (κ1) is 30.9. The number of anilines is 1. The molecule has 1 aliphatic heterocycles. The molecule has 1 heterocycles. The first-order chi connectivity index (χ1) is 15.9. The fraction of sp³-hybridized carbons (Fsp3) is 0.586. The average Bonchev–Trinajstić information content (AvgIpc) is 2.97. The maximum Gasteiger partial charge on any atom is 0.258 e. The van der Waals surface area contributed by atoms with Crippen molar-refractivity contribution in [2.24, 2.45) is 16.0 Å². The molecule has 1 aliphatic rings. The quantitative estimate of drug-likeness (QED) is 0.313. The van der Waals surface area contributed by atoms with Crippen LogP contribution in [0.2, 0.25) is 0 Å². The second-order valence-corrected chi connectivity index (χ2v) is 16.3. The Morgan fingerprint density at radius 2 is 1.69 bits per heavy atom. The molecule has 6 heteroatoms. The molecule has 0 aromatic heterocycles. The molecule has 1 aromatic rings. The predicted octanol–water partition coefficient (Wildman–Crippen LogP) is 7.39. The summed E-state index contributed by atoms with van der Waals surface area (Å²) in [5, 5.41) is 7.84. The highest BCUT2D eigenvalue weighted by Gasteiger charge is 2.47. The van der Waals surface area contributed by atoms with Crippen LogP contribution in [0.25, 0.3) is 0 Å². The van der Waals surface area contributed by atoms with Crippen molar-refractivity contribution in [1.29, 1.82) is 0 Å². The largest absolute Gasteiger partial charge is 0.355 e. The Hall–Kier alpha value is -2.13. The summed E-state index contributed by atoms with van der Waals surface area (Å²) in [6, 6.07) is 5.80. The lowest BCUT2D eigenvalue weighted by molar-refractivity contribution is -0.128. The third-order valence-electron chi connectivity index (χ3n) is 5.71. The van der Waals surface area contributed by atoms with Gasteiger partial charge >= 0.3 is 0 Å². The van der Waals surface area contributed by atoms with Gasteiger partial charge in [-0.15, -0.1) is 4.91 Å². The summed E-state index contributed by atoms with van der Waals surface area (Å²) < 4.78 is 0. The van der Waals surface area contributed by atoms with Gasteiger partial charge < -0.3 is 10.2 Å². The van der Waals surface area contributed by atoms with Gasteiger partial charge in [0.1, 0.15) is 5.70 Å². The van der Waals surface area contributed by atoms with Gasteiger partial charge in [-0.2, -0.15) is 0 Å². The molecule has 0 radical (unpaired) electrons. The minimum absolute atomic E-state index is 0.0649. The molecule has 0 bridgehead atoms. The molecule has 1 N–H and O–H groups in total. The smallest absolute Gasteiger partial charge is 0.258 e. The number of hydrogen-bond donors (Lipinski definition) is 1. The fourth-order valence-corrected chi connectivity index (χ4v) is 5.35. The second kappa shape index (κ2) is 11.7. The van der Waals surface area contributed by atoms with Crippen LogP contribution in [0.15, 0.2) is 46.9 Å². The first-order valence-electron chi connectivity index (χ1n) is 12.5. The number of nitrogens with one attached hydrogen (secondary N) is 1. The molecule has 2 rings (SSSR count). The van der Waals surface area contributed by atoms with Gasteiger partial charge in [-0.1, -0.05) is 93.7 Å². The minimum atomic E-state index is -1.58. The summed E-state index contributed by atoms with van der Waals surface area (Å²) in [6.07, 6.45) is 6.45. The van der Waals surface area contributed by atoms with Gasteiger partial charge in [-0.25, -0.2) is 0 Å². The molecular formula is C29H48N3O2P. The average molecular weight is 502 g/mol. The van der Waals surface area contributed by atoms with E-state index in [1.54, 1.807) is 4.90 Å². The summed E-state index contributed by atoms with van der Waals surface area (Å²) >= 11 is 0. The van der Waals surface area contributed by atoms with Crippen molar-refractivity contribution in [1.82, 2.24) is 4.90 Å². The Labute approximate surface area is 214 Å². The molecule has 5 nitrogen and oxygen atoms in total. The first-order valence-corrected chi connectivity index (χ1v) is 15.4. The maximum absolute atomic E-state index is 13.6. The molecule has 35 heavy (non-hydrogen) atoms. The van der Waals surface area contributed by atoms with Crippen molar-refractivity contribution >= 4 is 30.1 Å². The SMILES string of the molecule is C=C(Nc1cc(C)ccc1P(=C)(C)C)C1=C(N=O)C(C(C)(C)C)N(CCC(C)(C)C)C1=O.CCC. The van der Waals surface area contributed by atoms with E-state index in [4.69, 9.17) is 0 Å². The van der Waals surface area contributed by atoms with E-state index >= 15 is 0 Å². The summed E-state index contributed by atoms with van der Waals surface area (Å²) in [7, 11) is 0. The highest BCUT2D eigenvalue weighted by Crippen LogP contribution is 2.42. The number of carbonyl (C=O) groups is 1. The number of rotatable bonds is 7. The van der Waals surface area contributed by atoms with Gasteiger partial charge in [0.25, 0.3) is 5.91 Å². The summed E-state index contributed by atoms with van der Waals surface area (Å²) in [4.78, 5) is 27.4. The van der Waals surface area contributed by atoms with E-state index in [0.717, 1.165) is 23.0 Å². The molecule has 1 amide bonds. The molecular weight excluding hydrogens is 453 g/mol. The molecule has 0 spiro atoms. The van der Waals surface area contributed by atoms with Crippen molar-refractivity contribution in [2.45, 2.75) is 81.2 Å². The van der Waals surface area contributed by atoms with Gasteiger partial charge in [0.05, 0.1) is 11.6 Å². The van der Waals surface area contributed by atoms with E-state index in [1.165, 1.54) is 6.42 Å². The van der Waals surface area contributed by atoms with Gasteiger partial charge in [0, 0.05) is 17.9 Å². The van der Waals surface area contributed by atoms with Crippen LogP contribution in [0.3, 0.4) is 0 Å². The Balaban J connectivity index is 0.00000194. The van der Waals surface area contributed by atoms with Crippen LogP contribution in [-0.4, -0.2) is 43.0 Å². The van der Waals surface area contributed by atoms with E-state index in [9.17, 15) is 9.70 Å². The lowest BCUT2D eigenvalue weighted by Crippen LogP contribution is -2.44. The number of carbonyl (C=O) groups excluding carboxylic acids is 1. The third-order valence-corrected chi connectivity index (χ3v) is 7.41. The number of hydrogen-bond acceptors (Lipinski definition) is 4. The normalized spacial score (nSPS) is 16.7. The highest BCUT2D eigenvalue weighted by molar-refractivity contribution is 7.79. The van der Waals surface area contributed by atoms with E-state index in [0.29, 0.717) is 17.8 Å². The maximum atomic E-state index is 13.6. The Morgan fingerprint density at radius 3 is 2.11 bits per heavy atom. The summed E-state index contributed by atoms with van der Waals surface area (Å²) in [5.41, 5.74) is 2.68. The Bertz CT molecular complexity index is 1020. The highest BCUT2D eigenvalue weighted by atomic mass is 31.2. The van der Waals surface area contributed by atoms with Gasteiger partial charge in [-0.05, 0) is 59.6 Å². The van der Waals surface area contributed by atoms with Gasteiger partial charge in [-0.3, -0.25) is 4.79 Å². The molecule has 196 valence electrons. The van der Waals surface area contributed by atoms with E-state index in [2.05, 4.69) is 83.5 Å². The summed E-state index contributed by atoms with van der Waals surface area (Å²) in [6.45, 7) is 26.3. The summed E-state index contributed by atoms with van der Waals surface area (Å²) in [5.74, 6) is -0.181. The van der Waals surface area contributed by atoms with Crippen LogP contribution < -0.4 is 10.6 Å². The zero-order valence-electron chi connectivity index (χ0n) is 24.0. The lowest BCUT2D eigenvalue weighted by atomic mass is 9.84.